The molecule has 0 unspecified atom stereocenters. The lowest BCUT2D eigenvalue weighted by atomic mass is 10.1. The molecule has 0 spiro atoms. The molecule has 1 heterocycles. The second kappa shape index (κ2) is 4.66. The molecule has 16 heavy (non-hydrogen) atoms. The van der Waals surface area contributed by atoms with Crippen LogP contribution in [0.5, 0.6) is 5.75 Å². The number of benzene rings is 1. The first kappa shape index (κ1) is 11.1. The summed E-state index contributed by atoms with van der Waals surface area (Å²) >= 11 is 5.73. The second-order valence-corrected chi connectivity index (χ2v) is 3.87. The van der Waals surface area contributed by atoms with Gasteiger partial charge in [-0.25, -0.2) is 0 Å². The van der Waals surface area contributed by atoms with Crippen LogP contribution in [0.1, 0.15) is 5.56 Å². The van der Waals surface area contributed by atoms with Gasteiger partial charge in [-0.05, 0) is 24.1 Å². The van der Waals surface area contributed by atoms with E-state index in [1.165, 1.54) is 5.56 Å². The number of aromatic nitrogens is 1. The first-order valence-corrected chi connectivity index (χ1v) is 5.62. The summed E-state index contributed by atoms with van der Waals surface area (Å²) in [6, 6.07) is 6.16. The third-order valence-electron chi connectivity index (χ3n) is 2.60. The Morgan fingerprint density at radius 3 is 2.75 bits per heavy atom. The SMILES string of the molecule is COc1cn(OC)c2ccc(CCCl)cc12. The second-order valence-electron chi connectivity index (χ2n) is 3.50. The zero-order valence-corrected chi connectivity index (χ0v) is 10.1. The Kier molecular flexibility index (Phi) is 3.25. The van der Waals surface area contributed by atoms with E-state index in [-0.39, 0.29) is 0 Å². The molecule has 86 valence electrons. The molecule has 1 aromatic carbocycles. The Hall–Kier alpha value is -1.35. The summed E-state index contributed by atoms with van der Waals surface area (Å²) in [5.41, 5.74) is 2.20. The molecule has 0 amide bonds. The van der Waals surface area contributed by atoms with Crippen LogP contribution < -0.4 is 9.57 Å². The molecular weight excluding hydrogens is 226 g/mol. The number of hydrogen-bond acceptors (Lipinski definition) is 2. The van der Waals surface area contributed by atoms with Crippen molar-refractivity contribution in [1.29, 1.82) is 0 Å². The monoisotopic (exact) mass is 239 g/mol. The summed E-state index contributed by atoms with van der Waals surface area (Å²) in [7, 11) is 3.29. The Balaban J connectivity index is 2.57. The maximum Gasteiger partial charge on any atom is 0.148 e. The molecule has 0 saturated heterocycles. The minimum absolute atomic E-state index is 0.624. The van der Waals surface area contributed by atoms with Gasteiger partial charge in [0, 0.05) is 11.3 Å². The number of rotatable bonds is 4. The summed E-state index contributed by atoms with van der Waals surface area (Å²) in [6.07, 6.45) is 2.69. The van der Waals surface area contributed by atoms with Gasteiger partial charge < -0.3 is 9.57 Å². The molecule has 1 aromatic heterocycles. The highest BCUT2D eigenvalue weighted by Gasteiger charge is 2.09. The standard InChI is InChI=1S/C12H14ClNO2/c1-15-12-8-14(16-2)11-4-3-9(5-6-13)7-10(11)12/h3-4,7-8H,5-6H2,1-2H3. The van der Waals surface area contributed by atoms with Crippen LogP contribution in [0.4, 0.5) is 0 Å². The summed E-state index contributed by atoms with van der Waals surface area (Å²) in [5.74, 6) is 1.44. The van der Waals surface area contributed by atoms with E-state index < -0.39 is 0 Å². The molecule has 0 bridgehead atoms. The van der Waals surface area contributed by atoms with Crippen LogP contribution in [0.2, 0.25) is 0 Å². The molecule has 3 nitrogen and oxygen atoms in total. The Bertz CT molecular complexity index is 493. The van der Waals surface area contributed by atoms with Gasteiger partial charge in [0.25, 0.3) is 0 Å². The van der Waals surface area contributed by atoms with E-state index in [1.807, 2.05) is 12.3 Å². The fourth-order valence-electron chi connectivity index (χ4n) is 1.80. The minimum atomic E-state index is 0.624. The predicted molar refractivity (Wildman–Crippen MR) is 65.4 cm³/mol. The molecule has 0 aliphatic heterocycles. The number of ether oxygens (including phenoxy) is 1. The van der Waals surface area contributed by atoms with Gasteiger partial charge in [0.05, 0.1) is 18.8 Å². The van der Waals surface area contributed by atoms with Crippen molar-refractivity contribution in [2.45, 2.75) is 6.42 Å². The summed E-state index contributed by atoms with van der Waals surface area (Å²) in [6.45, 7) is 0. The third-order valence-corrected chi connectivity index (χ3v) is 2.79. The van der Waals surface area contributed by atoms with Crippen LogP contribution in [-0.4, -0.2) is 24.8 Å². The van der Waals surface area contributed by atoms with Gasteiger partial charge in [-0.3, -0.25) is 0 Å². The Morgan fingerprint density at radius 1 is 1.31 bits per heavy atom. The first-order chi connectivity index (χ1) is 7.80. The molecule has 0 radical (unpaired) electrons. The van der Waals surface area contributed by atoms with Crippen molar-refractivity contribution < 1.29 is 9.57 Å². The van der Waals surface area contributed by atoms with Crippen LogP contribution in [0.15, 0.2) is 24.4 Å². The summed E-state index contributed by atoms with van der Waals surface area (Å²) < 4.78 is 7.00. The number of halogens is 1. The summed E-state index contributed by atoms with van der Waals surface area (Å²) in [5, 5.41) is 1.05. The number of alkyl halides is 1. The molecule has 0 fully saturated rings. The normalized spacial score (nSPS) is 10.7. The molecular formula is C12H14ClNO2. The van der Waals surface area contributed by atoms with E-state index >= 15 is 0 Å². The molecule has 2 aromatic rings. The smallest absolute Gasteiger partial charge is 0.148 e. The van der Waals surface area contributed by atoms with E-state index in [0.717, 1.165) is 23.1 Å². The number of nitrogens with zero attached hydrogens (tertiary/aromatic N) is 1. The lowest BCUT2D eigenvalue weighted by Gasteiger charge is -2.02. The zero-order chi connectivity index (χ0) is 11.5. The maximum absolute atomic E-state index is 5.73. The van der Waals surface area contributed by atoms with Gasteiger partial charge in [0.15, 0.2) is 0 Å². The highest BCUT2D eigenvalue weighted by atomic mass is 35.5. The van der Waals surface area contributed by atoms with Gasteiger partial charge in [-0.2, -0.15) is 4.73 Å². The van der Waals surface area contributed by atoms with Crippen LogP contribution in [0, 0.1) is 0 Å². The zero-order valence-electron chi connectivity index (χ0n) is 9.37. The van der Waals surface area contributed by atoms with Crippen molar-refractivity contribution in [1.82, 2.24) is 4.73 Å². The number of hydrogen-bond donors (Lipinski definition) is 0. The fourth-order valence-corrected chi connectivity index (χ4v) is 2.01. The molecule has 0 atom stereocenters. The van der Waals surface area contributed by atoms with Gasteiger partial charge in [0.1, 0.15) is 12.9 Å². The van der Waals surface area contributed by atoms with Crippen molar-refractivity contribution in [3.63, 3.8) is 0 Å². The van der Waals surface area contributed by atoms with Crippen LogP contribution in [0.3, 0.4) is 0 Å². The highest BCUT2D eigenvalue weighted by molar-refractivity contribution is 6.18. The molecule has 4 heteroatoms. The van der Waals surface area contributed by atoms with E-state index in [1.54, 1.807) is 19.0 Å². The summed E-state index contributed by atoms with van der Waals surface area (Å²) in [4.78, 5) is 5.22. The van der Waals surface area contributed by atoms with Crippen LogP contribution in [0.25, 0.3) is 10.9 Å². The van der Waals surface area contributed by atoms with E-state index in [4.69, 9.17) is 21.2 Å². The predicted octanol–water partition coefficient (Wildman–Crippen LogP) is 2.49. The molecule has 2 rings (SSSR count). The molecule has 0 aliphatic carbocycles. The maximum atomic E-state index is 5.73. The number of methoxy groups -OCH3 is 1. The highest BCUT2D eigenvalue weighted by Crippen LogP contribution is 2.28. The Labute approximate surface area is 99.5 Å². The van der Waals surface area contributed by atoms with Crippen molar-refractivity contribution in [3.05, 3.63) is 30.0 Å². The minimum Gasteiger partial charge on any atom is -0.494 e. The van der Waals surface area contributed by atoms with Gasteiger partial charge >= 0.3 is 0 Å². The average Bonchev–Trinajstić information content (AvgIpc) is 2.67. The number of aryl methyl sites for hydroxylation is 1. The molecule has 0 saturated carbocycles. The van der Waals surface area contributed by atoms with Crippen molar-refractivity contribution in [2.24, 2.45) is 0 Å². The topological polar surface area (TPSA) is 23.4 Å². The lowest BCUT2D eigenvalue weighted by molar-refractivity contribution is 0.177. The van der Waals surface area contributed by atoms with E-state index in [9.17, 15) is 0 Å². The van der Waals surface area contributed by atoms with E-state index in [2.05, 4.69) is 12.1 Å². The largest absolute Gasteiger partial charge is 0.494 e. The van der Waals surface area contributed by atoms with Gasteiger partial charge in [0.2, 0.25) is 0 Å². The van der Waals surface area contributed by atoms with Crippen molar-refractivity contribution >= 4 is 22.5 Å². The van der Waals surface area contributed by atoms with Crippen LogP contribution >= 0.6 is 11.6 Å². The molecule has 0 N–H and O–H groups in total. The number of fused-ring (bicyclic) bond motifs is 1. The molecule has 0 aliphatic rings. The van der Waals surface area contributed by atoms with E-state index in [0.29, 0.717) is 5.88 Å². The average molecular weight is 240 g/mol. The van der Waals surface area contributed by atoms with Crippen LogP contribution in [-0.2, 0) is 6.42 Å². The quantitative estimate of drug-likeness (QED) is 0.766. The van der Waals surface area contributed by atoms with Gasteiger partial charge in [-0.15, -0.1) is 11.6 Å². The Morgan fingerprint density at radius 2 is 2.12 bits per heavy atom. The van der Waals surface area contributed by atoms with Gasteiger partial charge in [-0.1, -0.05) is 6.07 Å². The fraction of sp³-hybridized carbons (Fsp3) is 0.333. The van der Waals surface area contributed by atoms with Crippen molar-refractivity contribution in [3.8, 4) is 5.75 Å². The third kappa shape index (κ3) is 1.83. The van der Waals surface area contributed by atoms with Crippen molar-refractivity contribution in [2.75, 3.05) is 20.1 Å². The lowest BCUT2D eigenvalue weighted by Crippen LogP contribution is -2.02. The first-order valence-electron chi connectivity index (χ1n) is 5.08.